The Kier molecular flexibility index (Phi) is 4.20. The maximum absolute atomic E-state index is 11.6. The Balaban J connectivity index is 2.39. The molecule has 1 aliphatic rings. The number of nitrogens with two attached hydrogens (primary N) is 1. The van der Waals surface area contributed by atoms with Crippen molar-refractivity contribution in [1.82, 2.24) is 10.2 Å². The van der Waals surface area contributed by atoms with Crippen LogP contribution in [0.25, 0.3) is 0 Å². The van der Waals surface area contributed by atoms with Gasteiger partial charge in [0.15, 0.2) is 0 Å². The fraction of sp³-hybridized carbons (Fsp3) is 0.900. The first-order valence-electron chi connectivity index (χ1n) is 5.40. The standard InChI is InChI=1S/C10H21N3O/c1-3-13(2)10(14)12-9-6-4-5-8(9)7-11/h8-9H,3-7,11H2,1-2H3,(H,12,14). The Hall–Kier alpha value is -0.770. The maximum atomic E-state index is 11.6. The Labute approximate surface area is 85.8 Å². The second kappa shape index (κ2) is 5.20. The van der Waals surface area contributed by atoms with E-state index in [9.17, 15) is 4.79 Å². The van der Waals surface area contributed by atoms with Crippen LogP contribution in [-0.4, -0.2) is 37.1 Å². The molecule has 1 rings (SSSR count). The molecule has 0 spiro atoms. The molecule has 2 amide bonds. The van der Waals surface area contributed by atoms with Crippen molar-refractivity contribution in [3.05, 3.63) is 0 Å². The second-order valence-electron chi connectivity index (χ2n) is 4.00. The van der Waals surface area contributed by atoms with Gasteiger partial charge in [0.2, 0.25) is 0 Å². The zero-order valence-electron chi connectivity index (χ0n) is 9.12. The second-order valence-corrected chi connectivity index (χ2v) is 4.00. The summed E-state index contributed by atoms with van der Waals surface area (Å²) in [4.78, 5) is 13.3. The number of nitrogens with zero attached hydrogens (tertiary/aromatic N) is 1. The highest BCUT2D eigenvalue weighted by Gasteiger charge is 2.27. The average molecular weight is 199 g/mol. The first-order chi connectivity index (χ1) is 6.69. The van der Waals surface area contributed by atoms with Crippen LogP contribution in [0.4, 0.5) is 4.79 Å². The molecule has 4 nitrogen and oxygen atoms in total. The van der Waals surface area contributed by atoms with Gasteiger partial charge in [0.05, 0.1) is 0 Å². The van der Waals surface area contributed by atoms with E-state index in [2.05, 4.69) is 5.32 Å². The number of carbonyl (C=O) groups excluding carboxylic acids is 1. The van der Waals surface area contributed by atoms with E-state index in [4.69, 9.17) is 5.73 Å². The van der Waals surface area contributed by atoms with Crippen LogP contribution in [0, 0.1) is 5.92 Å². The van der Waals surface area contributed by atoms with Crippen LogP contribution in [0.5, 0.6) is 0 Å². The van der Waals surface area contributed by atoms with Gasteiger partial charge in [-0.25, -0.2) is 4.79 Å². The van der Waals surface area contributed by atoms with Crippen molar-refractivity contribution >= 4 is 6.03 Å². The molecule has 1 fully saturated rings. The minimum absolute atomic E-state index is 0.0258. The van der Waals surface area contributed by atoms with Crippen molar-refractivity contribution in [3.63, 3.8) is 0 Å². The molecule has 1 saturated carbocycles. The van der Waals surface area contributed by atoms with Gasteiger partial charge < -0.3 is 16.0 Å². The van der Waals surface area contributed by atoms with Gasteiger partial charge in [-0.2, -0.15) is 0 Å². The third kappa shape index (κ3) is 2.61. The van der Waals surface area contributed by atoms with E-state index in [1.54, 1.807) is 4.90 Å². The summed E-state index contributed by atoms with van der Waals surface area (Å²) in [6.07, 6.45) is 3.41. The number of urea groups is 1. The predicted molar refractivity (Wildman–Crippen MR) is 57.0 cm³/mol. The molecule has 0 aliphatic heterocycles. The van der Waals surface area contributed by atoms with Gasteiger partial charge in [0.1, 0.15) is 0 Å². The quantitative estimate of drug-likeness (QED) is 0.705. The summed E-state index contributed by atoms with van der Waals surface area (Å²) < 4.78 is 0. The average Bonchev–Trinajstić information content (AvgIpc) is 2.63. The Morgan fingerprint density at radius 1 is 1.57 bits per heavy atom. The monoisotopic (exact) mass is 199 g/mol. The summed E-state index contributed by atoms with van der Waals surface area (Å²) >= 11 is 0. The molecule has 82 valence electrons. The van der Waals surface area contributed by atoms with Crippen molar-refractivity contribution in [2.24, 2.45) is 11.7 Å². The van der Waals surface area contributed by atoms with Gasteiger partial charge in [-0.15, -0.1) is 0 Å². The molecule has 1 aliphatic carbocycles. The number of hydrogen-bond acceptors (Lipinski definition) is 2. The van der Waals surface area contributed by atoms with E-state index in [1.807, 2.05) is 14.0 Å². The molecule has 0 aromatic rings. The molecule has 14 heavy (non-hydrogen) atoms. The van der Waals surface area contributed by atoms with E-state index in [1.165, 1.54) is 6.42 Å². The highest BCUT2D eigenvalue weighted by molar-refractivity contribution is 5.74. The van der Waals surface area contributed by atoms with Gasteiger partial charge >= 0.3 is 6.03 Å². The van der Waals surface area contributed by atoms with Crippen LogP contribution in [0.2, 0.25) is 0 Å². The number of hydrogen-bond donors (Lipinski definition) is 2. The van der Waals surface area contributed by atoms with E-state index < -0.39 is 0 Å². The molecule has 0 aromatic carbocycles. The zero-order valence-corrected chi connectivity index (χ0v) is 9.12. The van der Waals surface area contributed by atoms with E-state index in [0.717, 1.165) is 19.4 Å². The minimum Gasteiger partial charge on any atom is -0.335 e. The Bertz CT molecular complexity index is 196. The van der Waals surface area contributed by atoms with Crippen molar-refractivity contribution in [2.75, 3.05) is 20.1 Å². The normalized spacial score (nSPS) is 26.2. The third-order valence-corrected chi connectivity index (χ3v) is 3.09. The molecule has 0 heterocycles. The molecule has 3 N–H and O–H groups in total. The van der Waals surface area contributed by atoms with Crippen molar-refractivity contribution < 1.29 is 4.79 Å². The first kappa shape index (κ1) is 11.3. The van der Waals surface area contributed by atoms with Crippen LogP contribution in [0.3, 0.4) is 0 Å². The smallest absolute Gasteiger partial charge is 0.317 e. The SMILES string of the molecule is CCN(C)C(=O)NC1CCCC1CN. The van der Waals surface area contributed by atoms with Crippen LogP contribution < -0.4 is 11.1 Å². The lowest BCUT2D eigenvalue weighted by Gasteiger charge is -2.23. The van der Waals surface area contributed by atoms with E-state index >= 15 is 0 Å². The predicted octanol–water partition coefficient (Wildman–Crippen LogP) is 0.775. The lowest BCUT2D eigenvalue weighted by atomic mass is 10.0. The van der Waals surface area contributed by atoms with Gasteiger partial charge in [0, 0.05) is 19.6 Å². The molecule has 0 bridgehead atoms. The van der Waals surface area contributed by atoms with E-state index in [0.29, 0.717) is 18.5 Å². The molecule has 2 unspecified atom stereocenters. The molecule has 4 heteroatoms. The number of nitrogens with one attached hydrogen (secondary N) is 1. The topological polar surface area (TPSA) is 58.4 Å². The number of rotatable bonds is 3. The molecular formula is C10H21N3O. The number of amides is 2. The lowest BCUT2D eigenvalue weighted by molar-refractivity contribution is 0.203. The van der Waals surface area contributed by atoms with Crippen LogP contribution >= 0.6 is 0 Å². The fourth-order valence-corrected chi connectivity index (χ4v) is 1.92. The molecule has 0 radical (unpaired) electrons. The highest BCUT2D eigenvalue weighted by Crippen LogP contribution is 2.24. The van der Waals surface area contributed by atoms with E-state index in [-0.39, 0.29) is 6.03 Å². The van der Waals surface area contributed by atoms with Crippen LogP contribution in [0.15, 0.2) is 0 Å². The molecule has 2 atom stereocenters. The molecule has 0 saturated heterocycles. The summed E-state index contributed by atoms with van der Waals surface area (Å²) in [7, 11) is 1.81. The van der Waals surface area contributed by atoms with Crippen molar-refractivity contribution in [1.29, 1.82) is 0 Å². The Morgan fingerprint density at radius 2 is 2.29 bits per heavy atom. The fourth-order valence-electron chi connectivity index (χ4n) is 1.92. The summed E-state index contributed by atoms with van der Waals surface area (Å²) in [5, 5.41) is 3.04. The maximum Gasteiger partial charge on any atom is 0.317 e. The van der Waals surface area contributed by atoms with Gasteiger partial charge in [-0.3, -0.25) is 0 Å². The van der Waals surface area contributed by atoms with Crippen LogP contribution in [-0.2, 0) is 0 Å². The van der Waals surface area contributed by atoms with Gasteiger partial charge in [-0.1, -0.05) is 6.42 Å². The summed E-state index contributed by atoms with van der Waals surface area (Å²) in [6, 6.07) is 0.319. The van der Waals surface area contributed by atoms with Gasteiger partial charge in [-0.05, 0) is 32.2 Å². The summed E-state index contributed by atoms with van der Waals surface area (Å²) in [5.41, 5.74) is 5.64. The first-order valence-corrected chi connectivity index (χ1v) is 5.40. The molecular weight excluding hydrogens is 178 g/mol. The number of carbonyl (C=O) groups is 1. The van der Waals surface area contributed by atoms with Crippen LogP contribution in [0.1, 0.15) is 26.2 Å². The highest BCUT2D eigenvalue weighted by atomic mass is 16.2. The lowest BCUT2D eigenvalue weighted by Crippen LogP contribution is -2.45. The third-order valence-electron chi connectivity index (χ3n) is 3.09. The molecule has 0 aromatic heterocycles. The largest absolute Gasteiger partial charge is 0.335 e. The van der Waals surface area contributed by atoms with Gasteiger partial charge in [0.25, 0.3) is 0 Å². The zero-order chi connectivity index (χ0) is 10.6. The minimum atomic E-state index is 0.0258. The summed E-state index contributed by atoms with van der Waals surface area (Å²) in [5.74, 6) is 0.476. The van der Waals surface area contributed by atoms with Crippen molar-refractivity contribution in [3.8, 4) is 0 Å². The Morgan fingerprint density at radius 3 is 2.86 bits per heavy atom. The summed E-state index contributed by atoms with van der Waals surface area (Å²) in [6.45, 7) is 3.39. The van der Waals surface area contributed by atoms with Crippen molar-refractivity contribution in [2.45, 2.75) is 32.2 Å².